The van der Waals surface area contributed by atoms with Gasteiger partial charge in [-0.15, -0.1) is 24.5 Å². The van der Waals surface area contributed by atoms with Gasteiger partial charge in [-0.25, -0.2) is 4.68 Å². The maximum atomic E-state index is 12.7. The molecule has 1 amide bonds. The summed E-state index contributed by atoms with van der Waals surface area (Å²) in [5, 5.41) is 6.24. The second-order valence-corrected chi connectivity index (χ2v) is 6.16. The van der Waals surface area contributed by atoms with Crippen LogP contribution in [0.3, 0.4) is 0 Å². The first-order valence-electron chi connectivity index (χ1n) is 7.43. The van der Waals surface area contributed by atoms with Crippen molar-refractivity contribution in [1.82, 2.24) is 14.7 Å². The number of amides is 1. The standard InChI is InChI=1S/C17H20N4O2S/c1-4-8-20(9-5-2)16(22)12(3)21-17(23)13(18)11-14(19-21)15-7-6-10-24-15/h4-7,10-12H,1-2,8-9,18H2,3H3. The SMILES string of the molecule is C=CCN(CC=C)C(=O)C(C)n1nc(-c2cccs2)cc(N)c1=O. The van der Waals surface area contributed by atoms with Gasteiger partial charge in [-0.05, 0) is 24.4 Å². The minimum absolute atomic E-state index is 0.0621. The van der Waals surface area contributed by atoms with Crippen LogP contribution in [0.25, 0.3) is 10.6 Å². The predicted molar refractivity (Wildman–Crippen MR) is 97.9 cm³/mol. The van der Waals surface area contributed by atoms with E-state index in [2.05, 4.69) is 18.3 Å². The molecule has 2 N–H and O–H groups in total. The van der Waals surface area contributed by atoms with Crippen molar-refractivity contribution in [2.45, 2.75) is 13.0 Å². The monoisotopic (exact) mass is 344 g/mol. The Labute approximate surface area is 144 Å². The zero-order valence-corrected chi connectivity index (χ0v) is 14.3. The number of anilines is 1. The van der Waals surface area contributed by atoms with Gasteiger partial charge in [-0.3, -0.25) is 9.59 Å². The predicted octanol–water partition coefficient (Wildman–Crippen LogP) is 2.32. The quantitative estimate of drug-likeness (QED) is 0.782. The van der Waals surface area contributed by atoms with Crippen LogP contribution in [0.4, 0.5) is 5.69 Å². The van der Waals surface area contributed by atoms with Gasteiger partial charge in [0.15, 0.2) is 0 Å². The first-order valence-corrected chi connectivity index (χ1v) is 8.31. The first kappa shape index (κ1) is 17.7. The average Bonchev–Trinajstić information content (AvgIpc) is 3.10. The van der Waals surface area contributed by atoms with Gasteiger partial charge in [-0.1, -0.05) is 18.2 Å². The van der Waals surface area contributed by atoms with E-state index < -0.39 is 11.6 Å². The molecule has 0 saturated heterocycles. The van der Waals surface area contributed by atoms with Crippen molar-refractivity contribution in [1.29, 1.82) is 0 Å². The van der Waals surface area contributed by atoms with Crippen molar-refractivity contribution in [3.05, 3.63) is 59.2 Å². The van der Waals surface area contributed by atoms with E-state index in [9.17, 15) is 9.59 Å². The molecule has 0 aliphatic carbocycles. The van der Waals surface area contributed by atoms with Crippen LogP contribution >= 0.6 is 11.3 Å². The van der Waals surface area contributed by atoms with Crippen LogP contribution < -0.4 is 11.3 Å². The second-order valence-electron chi connectivity index (χ2n) is 5.21. The van der Waals surface area contributed by atoms with Gasteiger partial charge in [0.05, 0.1) is 4.88 Å². The van der Waals surface area contributed by atoms with Crippen molar-refractivity contribution >= 4 is 22.9 Å². The smallest absolute Gasteiger partial charge is 0.290 e. The number of hydrogen-bond acceptors (Lipinski definition) is 5. The third-order valence-corrected chi connectivity index (χ3v) is 4.36. The molecule has 0 saturated carbocycles. The van der Waals surface area contributed by atoms with Crippen molar-refractivity contribution in [2.75, 3.05) is 18.8 Å². The molecule has 6 nitrogen and oxygen atoms in total. The van der Waals surface area contributed by atoms with Gasteiger partial charge in [0.2, 0.25) is 5.91 Å². The van der Waals surface area contributed by atoms with Gasteiger partial charge >= 0.3 is 0 Å². The number of rotatable bonds is 7. The number of nitrogens with two attached hydrogens (primary N) is 1. The summed E-state index contributed by atoms with van der Waals surface area (Å²) in [6, 6.07) is 4.53. The Morgan fingerprint density at radius 3 is 2.67 bits per heavy atom. The summed E-state index contributed by atoms with van der Waals surface area (Å²) in [5.41, 5.74) is 5.99. The van der Waals surface area contributed by atoms with Crippen molar-refractivity contribution in [2.24, 2.45) is 0 Å². The Hall–Kier alpha value is -2.67. The zero-order chi connectivity index (χ0) is 17.7. The molecule has 0 aromatic carbocycles. The molecule has 2 heterocycles. The van der Waals surface area contributed by atoms with E-state index in [1.807, 2.05) is 17.5 Å². The Kier molecular flexibility index (Phi) is 5.70. The van der Waals surface area contributed by atoms with Gasteiger partial charge < -0.3 is 10.6 Å². The Balaban J connectivity index is 2.42. The normalized spacial score (nSPS) is 11.7. The van der Waals surface area contributed by atoms with Crippen LogP contribution in [0, 0.1) is 0 Å². The maximum Gasteiger partial charge on any atom is 0.290 e. The van der Waals surface area contributed by atoms with E-state index in [1.54, 1.807) is 24.0 Å². The summed E-state index contributed by atoms with van der Waals surface area (Å²) in [5.74, 6) is -0.243. The third-order valence-electron chi connectivity index (χ3n) is 3.47. The third kappa shape index (κ3) is 3.62. The minimum Gasteiger partial charge on any atom is -0.394 e. The van der Waals surface area contributed by atoms with E-state index >= 15 is 0 Å². The molecular formula is C17H20N4O2S. The van der Waals surface area contributed by atoms with Gasteiger partial charge in [0, 0.05) is 13.1 Å². The van der Waals surface area contributed by atoms with Gasteiger partial charge in [0.1, 0.15) is 17.4 Å². The number of nitrogen functional groups attached to an aromatic ring is 1. The van der Waals surface area contributed by atoms with E-state index in [-0.39, 0.29) is 11.6 Å². The minimum atomic E-state index is -0.778. The summed E-state index contributed by atoms with van der Waals surface area (Å²) >= 11 is 1.49. The van der Waals surface area contributed by atoms with Crippen LogP contribution in [0.15, 0.2) is 53.7 Å². The number of carbonyl (C=O) groups is 1. The largest absolute Gasteiger partial charge is 0.394 e. The lowest BCUT2D eigenvalue weighted by molar-refractivity contribution is -0.133. The molecule has 0 spiro atoms. The Morgan fingerprint density at radius 1 is 1.46 bits per heavy atom. The molecule has 0 radical (unpaired) electrons. The highest BCUT2D eigenvalue weighted by Crippen LogP contribution is 2.23. The summed E-state index contributed by atoms with van der Waals surface area (Å²) in [4.78, 5) is 27.4. The van der Waals surface area contributed by atoms with E-state index in [1.165, 1.54) is 17.4 Å². The number of hydrogen-bond donors (Lipinski definition) is 1. The molecule has 2 aromatic heterocycles. The van der Waals surface area contributed by atoms with Crippen LogP contribution in [0.1, 0.15) is 13.0 Å². The summed E-state index contributed by atoms with van der Waals surface area (Å²) < 4.78 is 1.14. The molecule has 0 aliphatic rings. The lowest BCUT2D eigenvalue weighted by Crippen LogP contribution is -2.41. The van der Waals surface area contributed by atoms with Crippen molar-refractivity contribution in [3.8, 4) is 10.6 Å². The molecule has 2 rings (SSSR count). The molecule has 0 bridgehead atoms. The second kappa shape index (κ2) is 7.74. The molecule has 126 valence electrons. The highest BCUT2D eigenvalue weighted by Gasteiger charge is 2.23. The maximum absolute atomic E-state index is 12.7. The fourth-order valence-electron chi connectivity index (χ4n) is 2.27. The molecule has 24 heavy (non-hydrogen) atoms. The van der Waals surface area contributed by atoms with Crippen LogP contribution in [0.2, 0.25) is 0 Å². The molecule has 7 heteroatoms. The Morgan fingerprint density at radius 2 is 2.12 bits per heavy atom. The molecular weight excluding hydrogens is 324 g/mol. The summed E-state index contributed by atoms with van der Waals surface area (Å²) in [7, 11) is 0. The summed E-state index contributed by atoms with van der Waals surface area (Å²) in [6.07, 6.45) is 3.25. The fraction of sp³-hybridized carbons (Fsp3) is 0.235. The van der Waals surface area contributed by atoms with E-state index in [4.69, 9.17) is 5.73 Å². The molecule has 0 aliphatic heterocycles. The van der Waals surface area contributed by atoms with Crippen LogP contribution in [-0.2, 0) is 4.79 Å². The molecule has 2 aromatic rings. The molecule has 1 atom stereocenters. The first-order chi connectivity index (χ1) is 11.5. The average molecular weight is 344 g/mol. The fourth-order valence-corrected chi connectivity index (χ4v) is 2.96. The zero-order valence-electron chi connectivity index (χ0n) is 13.5. The van der Waals surface area contributed by atoms with Crippen LogP contribution in [0.5, 0.6) is 0 Å². The molecule has 1 unspecified atom stereocenters. The van der Waals surface area contributed by atoms with Crippen molar-refractivity contribution in [3.63, 3.8) is 0 Å². The number of carbonyl (C=O) groups excluding carboxylic acids is 1. The van der Waals surface area contributed by atoms with Gasteiger partial charge in [-0.2, -0.15) is 5.10 Å². The van der Waals surface area contributed by atoms with Crippen molar-refractivity contribution < 1.29 is 4.79 Å². The number of thiophene rings is 1. The Bertz CT molecular complexity index is 785. The highest BCUT2D eigenvalue weighted by molar-refractivity contribution is 7.13. The summed E-state index contributed by atoms with van der Waals surface area (Å²) in [6.45, 7) is 9.65. The highest BCUT2D eigenvalue weighted by atomic mass is 32.1. The molecule has 0 fully saturated rings. The van der Waals surface area contributed by atoms with Gasteiger partial charge in [0.25, 0.3) is 5.56 Å². The van der Waals surface area contributed by atoms with E-state index in [0.29, 0.717) is 18.8 Å². The topological polar surface area (TPSA) is 81.2 Å². The lowest BCUT2D eigenvalue weighted by atomic mass is 10.2. The van der Waals surface area contributed by atoms with E-state index in [0.717, 1.165) is 9.56 Å². The lowest BCUT2D eigenvalue weighted by Gasteiger charge is -2.24. The number of nitrogens with zero attached hydrogens (tertiary/aromatic N) is 3. The van der Waals surface area contributed by atoms with Crippen LogP contribution in [-0.4, -0.2) is 33.7 Å². The number of aromatic nitrogens is 2.